The molecule has 2 aromatic rings. The van der Waals surface area contributed by atoms with Crippen LogP contribution >= 0.6 is 0 Å². The minimum atomic E-state index is 0.227. The monoisotopic (exact) mass is 246 g/mol. The lowest BCUT2D eigenvalue weighted by atomic mass is 10.2. The van der Waals surface area contributed by atoms with E-state index in [1.54, 1.807) is 6.26 Å². The summed E-state index contributed by atoms with van der Waals surface area (Å²) in [6.45, 7) is 1.57. The van der Waals surface area contributed by atoms with E-state index >= 15 is 0 Å². The van der Waals surface area contributed by atoms with Gasteiger partial charge in [0.25, 0.3) is 0 Å². The molecule has 2 heterocycles. The minimum Gasteiger partial charge on any atom is -0.468 e. The van der Waals surface area contributed by atoms with E-state index in [0.29, 0.717) is 0 Å². The van der Waals surface area contributed by atoms with E-state index < -0.39 is 0 Å². The second-order valence-corrected chi connectivity index (χ2v) is 4.37. The molecule has 1 atom stereocenters. The molecule has 0 aliphatic heterocycles. The van der Waals surface area contributed by atoms with E-state index in [9.17, 15) is 0 Å². The summed E-state index contributed by atoms with van der Waals surface area (Å²) in [7, 11) is 4.08. The van der Waals surface area contributed by atoms with Gasteiger partial charge in [-0.05, 0) is 26.2 Å². The smallest absolute Gasteiger partial charge is 0.122 e. The molecule has 0 spiro atoms. The molecule has 5 heteroatoms. The van der Waals surface area contributed by atoms with Crippen LogP contribution < -0.4 is 5.32 Å². The molecule has 0 radical (unpaired) electrons. The molecule has 2 aromatic heterocycles. The molecule has 0 saturated heterocycles. The summed E-state index contributed by atoms with van der Waals surface area (Å²) in [6.07, 6.45) is 6.88. The molecule has 1 unspecified atom stereocenters. The van der Waals surface area contributed by atoms with Crippen molar-refractivity contribution < 1.29 is 4.42 Å². The Hall–Kier alpha value is -1.72. The topological polar surface area (TPSA) is 54.2 Å². The first-order valence-electron chi connectivity index (χ1n) is 5.92. The van der Waals surface area contributed by atoms with Gasteiger partial charge in [-0.25, -0.2) is 9.97 Å². The molecule has 0 aliphatic carbocycles. The first-order chi connectivity index (χ1) is 8.77. The van der Waals surface area contributed by atoms with E-state index in [4.69, 9.17) is 4.42 Å². The van der Waals surface area contributed by atoms with Crippen LogP contribution in [0.25, 0.3) is 0 Å². The Morgan fingerprint density at radius 3 is 2.72 bits per heavy atom. The van der Waals surface area contributed by atoms with Crippen LogP contribution in [-0.2, 0) is 6.54 Å². The number of nitrogens with zero attached hydrogens (tertiary/aromatic N) is 3. The van der Waals surface area contributed by atoms with Crippen LogP contribution in [0.1, 0.15) is 17.4 Å². The highest BCUT2D eigenvalue weighted by atomic mass is 16.3. The summed E-state index contributed by atoms with van der Waals surface area (Å²) in [5.74, 6) is 0.969. The Morgan fingerprint density at radius 2 is 2.11 bits per heavy atom. The van der Waals surface area contributed by atoms with Gasteiger partial charge in [0.05, 0.1) is 12.3 Å². The maximum Gasteiger partial charge on any atom is 0.122 e. The Labute approximate surface area is 107 Å². The Bertz CT molecular complexity index is 441. The first-order valence-corrected chi connectivity index (χ1v) is 5.92. The summed E-state index contributed by atoms with van der Waals surface area (Å²) < 4.78 is 5.45. The van der Waals surface area contributed by atoms with Gasteiger partial charge >= 0.3 is 0 Å². The number of hydrogen-bond acceptors (Lipinski definition) is 5. The first kappa shape index (κ1) is 12.7. The molecule has 2 rings (SSSR count). The van der Waals surface area contributed by atoms with Crippen LogP contribution in [0.5, 0.6) is 0 Å². The van der Waals surface area contributed by atoms with Crippen molar-refractivity contribution in [1.82, 2.24) is 20.2 Å². The van der Waals surface area contributed by atoms with Gasteiger partial charge in [-0.2, -0.15) is 0 Å². The van der Waals surface area contributed by atoms with Gasteiger partial charge in [0.1, 0.15) is 12.1 Å². The average Bonchev–Trinajstić information content (AvgIpc) is 2.89. The normalized spacial score (nSPS) is 12.8. The minimum absolute atomic E-state index is 0.227. The maximum atomic E-state index is 5.45. The SMILES string of the molecule is CN(C)C(CNCc1cncnc1)c1ccco1. The van der Waals surface area contributed by atoms with E-state index in [2.05, 4.69) is 20.2 Å². The highest BCUT2D eigenvalue weighted by Crippen LogP contribution is 2.17. The Morgan fingerprint density at radius 1 is 1.33 bits per heavy atom. The molecular formula is C13H18N4O. The molecule has 1 N–H and O–H groups in total. The number of likely N-dealkylation sites (N-methyl/N-ethyl adjacent to an activating group) is 1. The van der Waals surface area contributed by atoms with Crippen molar-refractivity contribution in [1.29, 1.82) is 0 Å². The standard InChI is InChI=1S/C13H18N4O/c1-17(2)12(13-4-3-5-18-13)9-14-6-11-7-15-10-16-8-11/h3-5,7-8,10,12,14H,6,9H2,1-2H3. The Kier molecular flexibility index (Phi) is 4.44. The molecule has 0 aromatic carbocycles. The third-order valence-corrected chi connectivity index (χ3v) is 2.78. The lowest BCUT2D eigenvalue weighted by molar-refractivity contribution is 0.250. The summed E-state index contributed by atoms with van der Waals surface area (Å²) in [5.41, 5.74) is 1.08. The fourth-order valence-electron chi connectivity index (χ4n) is 1.79. The van der Waals surface area contributed by atoms with Crippen molar-refractivity contribution in [3.63, 3.8) is 0 Å². The Balaban J connectivity index is 1.87. The zero-order valence-corrected chi connectivity index (χ0v) is 10.7. The second kappa shape index (κ2) is 6.28. The molecule has 0 aliphatic rings. The van der Waals surface area contributed by atoms with Crippen molar-refractivity contribution in [3.8, 4) is 0 Å². The van der Waals surface area contributed by atoms with Crippen LogP contribution in [0, 0.1) is 0 Å². The van der Waals surface area contributed by atoms with Crippen LogP contribution in [0.4, 0.5) is 0 Å². The largest absolute Gasteiger partial charge is 0.468 e. The molecule has 0 fully saturated rings. The highest BCUT2D eigenvalue weighted by Gasteiger charge is 2.15. The van der Waals surface area contributed by atoms with Crippen molar-refractivity contribution in [3.05, 3.63) is 48.4 Å². The van der Waals surface area contributed by atoms with Crippen molar-refractivity contribution in [2.45, 2.75) is 12.6 Å². The number of nitrogens with one attached hydrogen (secondary N) is 1. The van der Waals surface area contributed by atoms with Gasteiger partial charge in [0.15, 0.2) is 0 Å². The van der Waals surface area contributed by atoms with Gasteiger partial charge in [0.2, 0.25) is 0 Å². The highest BCUT2D eigenvalue weighted by molar-refractivity contribution is 5.06. The number of hydrogen-bond donors (Lipinski definition) is 1. The molecular weight excluding hydrogens is 228 g/mol. The molecule has 96 valence electrons. The van der Waals surface area contributed by atoms with E-state index in [1.165, 1.54) is 6.33 Å². The van der Waals surface area contributed by atoms with Gasteiger partial charge in [-0.15, -0.1) is 0 Å². The predicted octanol–water partition coefficient (Wildman–Crippen LogP) is 1.46. The fraction of sp³-hybridized carbons (Fsp3) is 0.385. The lowest BCUT2D eigenvalue weighted by Gasteiger charge is -2.22. The summed E-state index contributed by atoms with van der Waals surface area (Å²) >= 11 is 0. The fourth-order valence-corrected chi connectivity index (χ4v) is 1.79. The molecule has 18 heavy (non-hydrogen) atoms. The summed E-state index contributed by atoms with van der Waals surface area (Å²) in [4.78, 5) is 10.1. The van der Waals surface area contributed by atoms with Gasteiger partial charge < -0.3 is 9.73 Å². The van der Waals surface area contributed by atoms with Gasteiger partial charge in [0, 0.05) is 31.0 Å². The molecule has 0 bridgehead atoms. The van der Waals surface area contributed by atoms with Crippen LogP contribution in [0.3, 0.4) is 0 Å². The quantitative estimate of drug-likeness (QED) is 0.836. The van der Waals surface area contributed by atoms with Gasteiger partial charge in [-0.3, -0.25) is 4.90 Å². The van der Waals surface area contributed by atoms with Crippen LogP contribution in [0.2, 0.25) is 0 Å². The van der Waals surface area contributed by atoms with Gasteiger partial charge in [-0.1, -0.05) is 0 Å². The number of aromatic nitrogens is 2. The maximum absolute atomic E-state index is 5.45. The average molecular weight is 246 g/mol. The van der Waals surface area contributed by atoms with Crippen molar-refractivity contribution in [2.75, 3.05) is 20.6 Å². The van der Waals surface area contributed by atoms with E-state index in [-0.39, 0.29) is 6.04 Å². The third-order valence-electron chi connectivity index (χ3n) is 2.78. The lowest BCUT2D eigenvalue weighted by Crippen LogP contribution is -2.30. The summed E-state index contributed by atoms with van der Waals surface area (Å²) in [5, 5.41) is 3.39. The molecule has 0 saturated carbocycles. The molecule has 0 amide bonds. The summed E-state index contributed by atoms with van der Waals surface area (Å²) in [6, 6.07) is 4.14. The van der Waals surface area contributed by atoms with Crippen LogP contribution in [0.15, 0.2) is 41.5 Å². The van der Waals surface area contributed by atoms with Crippen molar-refractivity contribution in [2.24, 2.45) is 0 Å². The van der Waals surface area contributed by atoms with Crippen LogP contribution in [-0.4, -0.2) is 35.5 Å². The van der Waals surface area contributed by atoms with E-state index in [0.717, 1.165) is 24.4 Å². The van der Waals surface area contributed by atoms with Crippen molar-refractivity contribution >= 4 is 0 Å². The van der Waals surface area contributed by atoms with E-state index in [1.807, 2.05) is 38.6 Å². The second-order valence-electron chi connectivity index (χ2n) is 4.37. The predicted molar refractivity (Wildman–Crippen MR) is 68.9 cm³/mol. The zero-order chi connectivity index (χ0) is 12.8. The zero-order valence-electron chi connectivity index (χ0n) is 10.7. The molecule has 5 nitrogen and oxygen atoms in total. The number of rotatable bonds is 6. The third kappa shape index (κ3) is 3.38. The number of furan rings is 1.